The average Bonchev–Trinajstić information content (AvgIpc) is 3.05. The third-order valence-corrected chi connectivity index (χ3v) is 3.91. The predicted molar refractivity (Wildman–Crippen MR) is 85.4 cm³/mol. The van der Waals surface area contributed by atoms with Gasteiger partial charge in [-0.05, 0) is 41.9 Å². The molecule has 2 aromatic heterocycles. The Morgan fingerprint density at radius 2 is 2.33 bits per heavy atom. The molecule has 0 saturated heterocycles. The minimum atomic E-state index is 0.0520. The van der Waals surface area contributed by atoms with E-state index in [1.54, 1.807) is 7.11 Å². The molecule has 0 spiro atoms. The van der Waals surface area contributed by atoms with E-state index in [4.69, 9.17) is 9.15 Å². The highest BCUT2D eigenvalue weighted by Gasteiger charge is 2.22. The molecule has 0 aliphatic rings. The van der Waals surface area contributed by atoms with E-state index in [0.29, 0.717) is 6.61 Å². The van der Waals surface area contributed by atoms with Gasteiger partial charge in [0.2, 0.25) is 0 Å². The van der Waals surface area contributed by atoms with Gasteiger partial charge in [-0.25, -0.2) is 0 Å². The van der Waals surface area contributed by atoms with Gasteiger partial charge in [-0.2, -0.15) is 5.10 Å². The van der Waals surface area contributed by atoms with E-state index < -0.39 is 0 Å². The molecule has 5 nitrogen and oxygen atoms in total. The molecule has 1 atom stereocenters. The number of aromatic nitrogens is 2. The van der Waals surface area contributed by atoms with Crippen molar-refractivity contribution in [2.24, 2.45) is 0 Å². The van der Waals surface area contributed by atoms with Crippen LogP contribution >= 0.6 is 15.9 Å². The molecule has 0 saturated carbocycles. The number of furan rings is 1. The highest BCUT2D eigenvalue weighted by Crippen LogP contribution is 2.29. The molecule has 0 amide bonds. The molecular formula is C15H22BrN3O2. The van der Waals surface area contributed by atoms with Crippen molar-refractivity contribution in [1.29, 1.82) is 0 Å². The van der Waals surface area contributed by atoms with Crippen molar-refractivity contribution < 1.29 is 9.15 Å². The SMILES string of the molecule is CCCNC(c1coc(C)c1)c1c(Br)cnn1CCOC. The van der Waals surface area contributed by atoms with Gasteiger partial charge in [-0.1, -0.05) is 6.92 Å². The number of nitrogens with zero attached hydrogens (tertiary/aromatic N) is 2. The topological polar surface area (TPSA) is 52.2 Å². The van der Waals surface area contributed by atoms with Crippen LogP contribution in [0, 0.1) is 6.92 Å². The summed E-state index contributed by atoms with van der Waals surface area (Å²) in [6.45, 7) is 6.39. The summed E-state index contributed by atoms with van der Waals surface area (Å²) < 4.78 is 13.6. The number of ether oxygens (including phenoxy) is 1. The molecule has 0 aliphatic heterocycles. The van der Waals surface area contributed by atoms with E-state index in [9.17, 15) is 0 Å². The van der Waals surface area contributed by atoms with E-state index in [1.165, 1.54) is 0 Å². The van der Waals surface area contributed by atoms with Crippen molar-refractivity contribution >= 4 is 15.9 Å². The molecule has 6 heteroatoms. The van der Waals surface area contributed by atoms with E-state index >= 15 is 0 Å². The van der Waals surface area contributed by atoms with Gasteiger partial charge in [-0.15, -0.1) is 0 Å². The maximum absolute atomic E-state index is 5.47. The van der Waals surface area contributed by atoms with Crippen LogP contribution in [0.1, 0.15) is 36.4 Å². The number of rotatable bonds is 8. The van der Waals surface area contributed by atoms with Crippen LogP contribution in [0.4, 0.5) is 0 Å². The third-order valence-electron chi connectivity index (χ3n) is 3.30. The van der Waals surface area contributed by atoms with Crippen molar-refractivity contribution in [3.8, 4) is 0 Å². The first kappa shape index (κ1) is 16.3. The molecule has 0 fully saturated rings. The molecule has 1 N–H and O–H groups in total. The standard InChI is InChI=1S/C15H22BrN3O2/c1-4-5-17-14(12-8-11(2)21-10-12)15-13(16)9-18-19(15)6-7-20-3/h8-10,14,17H,4-7H2,1-3H3. The number of hydrogen-bond acceptors (Lipinski definition) is 4. The van der Waals surface area contributed by atoms with Crippen LogP contribution in [0.5, 0.6) is 0 Å². The fourth-order valence-electron chi connectivity index (χ4n) is 2.29. The van der Waals surface area contributed by atoms with E-state index in [0.717, 1.165) is 41.0 Å². The summed E-state index contributed by atoms with van der Waals surface area (Å²) in [7, 11) is 1.70. The average molecular weight is 356 g/mol. The fourth-order valence-corrected chi connectivity index (χ4v) is 2.82. The molecular weight excluding hydrogens is 334 g/mol. The molecule has 0 bridgehead atoms. The van der Waals surface area contributed by atoms with Crippen molar-refractivity contribution in [3.05, 3.63) is 40.0 Å². The summed E-state index contributed by atoms with van der Waals surface area (Å²) in [6, 6.07) is 2.11. The quantitative estimate of drug-likeness (QED) is 0.789. The highest BCUT2D eigenvalue weighted by molar-refractivity contribution is 9.10. The van der Waals surface area contributed by atoms with E-state index in [1.807, 2.05) is 24.1 Å². The molecule has 2 aromatic rings. The molecule has 1 unspecified atom stereocenters. The Kier molecular flexibility index (Phi) is 6.02. The highest BCUT2D eigenvalue weighted by atomic mass is 79.9. The summed E-state index contributed by atoms with van der Waals surface area (Å²) >= 11 is 3.61. The van der Waals surface area contributed by atoms with Gasteiger partial charge in [-0.3, -0.25) is 4.68 Å². The lowest BCUT2D eigenvalue weighted by molar-refractivity contribution is 0.182. The molecule has 21 heavy (non-hydrogen) atoms. The monoisotopic (exact) mass is 355 g/mol. The zero-order valence-corrected chi connectivity index (χ0v) is 14.3. The van der Waals surface area contributed by atoms with Crippen molar-refractivity contribution in [2.45, 2.75) is 32.9 Å². The number of aryl methyl sites for hydroxylation is 1. The maximum atomic E-state index is 5.47. The van der Waals surface area contributed by atoms with Crippen molar-refractivity contribution in [2.75, 3.05) is 20.3 Å². The lowest BCUT2D eigenvalue weighted by Crippen LogP contribution is -2.26. The second kappa shape index (κ2) is 7.77. The summed E-state index contributed by atoms with van der Waals surface area (Å²) in [6.07, 6.45) is 4.71. The van der Waals surface area contributed by atoms with Crippen molar-refractivity contribution in [3.63, 3.8) is 0 Å². The zero-order valence-electron chi connectivity index (χ0n) is 12.7. The first-order valence-electron chi connectivity index (χ1n) is 7.16. The van der Waals surface area contributed by atoms with Crippen LogP contribution < -0.4 is 5.32 Å². The zero-order chi connectivity index (χ0) is 15.2. The van der Waals surface area contributed by atoms with Crippen LogP contribution in [0.3, 0.4) is 0 Å². The summed E-state index contributed by atoms with van der Waals surface area (Å²) in [5.41, 5.74) is 2.21. The minimum Gasteiger partial charge on any atom is -0.469 e. The number of nitrogens with one attached hydrogen (secondary N) is 1. The lowest BCUT2D eigenvalue weighted by atomic mass is 10.1. The maximum Gasteiger partial charge on any atom is 0.101 e. The van der Waals surface area contributed by atoms with Gasteiger partial charge in [0.1, 0.15) is 5.76 Å². The number of methoxy groups -OCH3 is 1. The Bertz CT molecular complexity index is 565. The van der Waals surface area contributed by atoms with Gasteiger partial charge in [0.05, 0.1) is 41.8 Å². The second-order valence-electron chi connectivity index (χ2n) is 4.97. The number of halogens is 1. The van der Waals surface area contributed by atoms with E-state index in [2.05, 4.69) is 39.3 Å². The van der Waals surface area contributed by atoms with Gasteiger partial charge < -0.3 is 14.5 Å². The van der Waals surface area contributed by atoms with E-state index in [-0.39, 0.29) is 6.04 Å². The first-order valence-corrected chi connectivity index (χ1v) is 7.95. The summed E-state index contributed by atoms with van der Waals surface area (Å²) in [4.78, 5) is 0. The molecule has 0 aliphatic carbocycles. The first-order chi connectivity index (χ1) is 10.2. The van der Waals surface area contributed by atoms with Crippen LogP contribution in [0.25, 0.3) is 0 Å². The smallest absolute Gasteiger partial charge is 0.101 e. The largest absolute Gasteiger partial charge is 0.469 e. The van der Waals surface area contributed by atoms with Crippen LogP contribution in [-0.2, 0) is 11.3 Å². The van der Waals surface area contributed by atoms with Gasteiger partial charge in [0, 0.05) is 12.7 Å². The van der Waals surface area contributed by atoms with Crippen LogP contribution in [0.2, 0.25) is 0 Å². The third kappa shape index (κ3) is 3.96. The number of hydrogen-bond donors (Lipinski definition) is 1. The lowest BCUT2D eigenvalue weighted by Gasteiger charge is -2.19. The molecule has 116 valence electrons. The Labute approximate surface area is 133 Å². The van der Waals surface area contributed by atoms with Crippen molar-refractivity contribution in [1.82, 2.24) is 15.1 Å². The second-order valence-corrected chi connectivity index (χ2v) is 5.83. The van der Waals surface area contributed by atoms with Crippen LogP contribution in [0.15, 0.2) is 27.4 Å². The van der Waals surface area contributed by atoms with Gasteiger partial charge >= 0.3 is 0 Å². The Hall–Kier alpha value is -1.11. The fraction of sp³-hybridized carbons (Fsp3) is 0.533. The molecule has 2 rings (SSSR count). The Morgan fingerprint density at radius 1 is 1.52 bits per heavy atom. The molecule has 0 radical (unpaired) electrons. The minimum absolute atomic E-state index is 0.0520. The normalized spacial score (nSPS) is 12.8. The predicted octanol–water partition coefficient (Wildman–Crippen LogP) is 3.28. The molecule has 2 heterocycles. The summed E-state index contributed by atoms with van der Waals surface area (Å²) in [5.74, 6) is 0.910. The van der Waals surface area contributed by atoms with Gasteiger partial charge in [0.15, 0.2) is 0 Å². The van der Waals surface area contributed by atoms with Gasteiger partial charge in [0.25, 0.3) is 0 Å². The van der Waals surface area contributed by atoms with Crippen LogP contribution in [-0.4, -0.2) is 30.0 Å². The summed E-state index contributed by atoms with van der Waals surface area (Å²) in [5, 5.41) is 8.00. The Morgan fingerprint density at radius 3 is 2.95 bits per heavy atom. The Balaban J connectivity index is 2.33. The molecule has 0 aromatic carbocycles.